The summed E-state index contributed by atoms with van der Waals surface area (Å²) in [7, 11) is 0. The molecular weight excluding hydrogens is 238 g/mol. The molecule has 0 amide bonds. The third-order valence-corrected chi connectivity index (χ3v) is 3.52. The van der Waals surface area contributed by atoms with E-state index in [1.54, 1.807) is 13.1 Å². The molecule has 2 rings (SSSR count). The minimum atomic E-state index is -0.333. The Morgan fingerprint density at radius 1 is 1.11 bits per heavy atom. The number of rotatable bonds is 3. The summed E-state index contributed by atoms with van der Waals surface area (Å²) >= 11 is 0. The van der Waals surface area contributed by atoms with Gasteiger partial charge in [-0.05, 0) is 30.9 Å². The van der Waals surface area contributed by atoms with Gasteiger partial charge in [-0.2, -0.15) is 0 Å². The fraction of sp³-hybridized carbons (Fsp3) is 0.312. The van der Waals surface area contributed by atoms with Gasteiger partial charge in [0, 0.05) is 12.3 Å². The van der Waals surface area contributed by atoms with Crippen molar-refractivity contribution in [2.75, 3.05) is 0 Å². The van der Waals surface area contributed by atoms with Gasteiger partial charge in [0.15, 0.2) is 5.75 Å². The van der Waals surface area contributed by atoms with E-state index in [0.29, 0.717) is 5.69 Å². The summed E-state index contributed by atoms with van der Waals surface area (Å²) < 4.78 is 1.91. The molecule has 0 aliphatic heterocycles. The average Bonchev–Trinajstić information content (AvgIpc) is 2.44. The van der Waals surface area contributed by atoms with Crippen LogP contribution in [0, 0.1) is 6.92 Å². The topological polar surface area (TPSA) is 42.2 Å². The lowest BCUT2D eigenvalue weighted by atomic mass is 10.0. The third-order valence-electron chi connectivity index (χ3n) is 3.52. The van der Waals surface area contributed by atoms with Crippen molar-refractivity contribution in [1.82, 2.24) is 4.57 Å². The minimum absolute atomic E-state index is 0.171. The van der Waals surface area contributed by atoms with E-state index in [-0.39, 0.29) is 11.2 Å². The Morgan fingerprint density at radius 2 is 1.68 bits per heavy atom. The first kappa shape index (κ1) is 13.4. The van der Waals surface area contributed by atoms with Crippen LogP contribution in [0.3, 0.4) is 0 Å². The van der Waals surface area contributed by atoms with E-state index < -0.39 is 0 Å². The van der Waals surface area contributed by atoms with Crippen LogP contribution in [0.25, 0.3) is 5.69 Å². The second-order valence-corrected chi connectivity index (χ2v) is 4.62. The molecule has 3 heteroatoms. The number of nitrogens with zero attached hydrogens (tertiary/aromatic N) is 1. The van der Waals surface area contributed by atoms with Gasteiger partial charge in [0.2, 0.25) is 5.43 Å². The van der Waals surface area contributed by atoms with Crippen molar-refractivity contribution in [3.8, 4) is 11.4 Å². The second kappa shape index (κ2) is 5.31. The van der Waals surface area contributed by atoms with Crippen LogP contribution in [0.5, 0.6) is 5.75 Å². The van der Waals surface area contributed by atoms with Gasteiger partial charge in [-0.25, -0.2) is 0 Å². The maximum absolute atomic E-state index is 11.5. The maximum Gasteiger partial charge on any atom is 0.223 e. The Hall–Kier alpha value is -2.03. The van der Waals surface area contributed by atoms with E-state index in [1.807, 2.05) is 4.57 Å². The van der Waals surface area contributed by atoms with Gasteiger partial charge in [-0.3, -0.25) is 4.79 Å². The van der Waals surface area contributed by atoms with Crippen LogP contribution in [0.15, 0.2) is 35.3 Å². The lowest BCUT2D eigenvalue weighted by molar-refractivity contribution is 0.459. The number of aryl methyl sites for hydroxylation is 2. The third kappa shape index (κ3) is 2.28. The van der Waals surface area contributed by atoms with Gasteiger partial charge in [-0.1, -0.05) is 32.0 Å². The molecule has 1 heterocycles. The van der Waals surface area contributed by atoms with Crippen LogP contribution in [0.4, 0.5) is 0 Å². The summed E-state index contributed by atoms with van der Waals surface area (Å²) in [5, 5.41) is 9.84. The number of aromatic hydroxyl groups is 1. The molecule has 0 aliphatic rings. The smallest absolute Gasteiger partial charge is 0.223 e. The summed E-state index contributed by atoms with van der Waals surface area (Å²) in [6.07, 6.45) is 3.57. The number of hydrogen-bond acceptors (Lipinski definition) is 2. The van der Waals surface area contributed by atoms with Gasteiger partial charge < -0.3 is 9.67 Å². The zero-order chi connectivity index (χ0) is 14.0. The van der Waals surface area contributed by atoms with Crippen LogP contribution in [0.1, 0.15) is 30.7 Å². The van der Waals surface area contributed by atoms with Crippen molar-refractivity contribution in [3.63, 3.8) is 0 Å². The molecule has 19 heavy (non-hydrogen) atoms. The van der Waals surface area contributed by atoms with Crippen molar-refractivity contribution in [1.29, 1.82) is 0 Å². The number of pyridine rings is 1. The molecule has 1 aromatic heterocycles. The lowest BCUT2D eigenvalue weighted by Gasteiger charge is -2.18. The molecule has 0 radical (unpaired) electrons. The van der Waals surface area contributed by atoms with Crippen LogP contribution in [0.2, 0.25) is 0 Å². The molecule has 0 aliphatic carbocycles. The molecule has 0 bridgehead atoms. The highest BCUT2D eigenvalue weighted by atomic mass is 16.3. The molecule has 0 unspecified atom stereocenters. The number of benzene rings is 1. The first-order valence-electron chi connectivity index (χ1n) is 6.62. The van der Waals surface area contributed by atoms with Gasteiger partial charge in [0.25, 0.3) is 0 Å². The first-order chi connectivity index (χ1) is 9.10. The van der Waals surface area contributed by atoms with E-state index in [0.717, 1.165) is 18.5 Å². The molecule has 0 spiro atoms. The SMILES string of the molecule is CCc1cccc(CC)c1-n1ccc(=O)c(O)c1C. The Bertz CT molecular complexity index is 634. The minimum Gasteiger partial charge on any atom is -0.503 e. The molecule has 1 aromatic carbocycles. The Morgan fingerprint density at radius 3 is 2.21 bits per heavy atom. The average molecular weight is 257 g/mol. The monoisotopic (exact) mass is 257 g/mol. The first-order valence-corrected chi connectivity index (χ1v) is 6.62. The lowest BCUT2D eigenvalue weighted by Crippen LogP contribution is -2.11. The van der Waals surface area contributed by atoms with Gasteiger partial charge in [0.05, 0.1) is 11.4 Å². The molecule has 3 nitrogen and oxygen atoms in total. The molecule has 1 N–H and O–H groups in total. The van der Waals surface area contributed by atoms with E-state index in [1.165, 1.54) is 17.2 Å². The summed E-state index contributed by atoms with van der Waals surface area (Å²) in [5.41, 5.74) is 3.76. The van der Waals surface area contributed by atoms with Crippen LogP contribution < -0.4 is 5.43 Å². The molecular formula is C16H19NO2. The second-order valence-electron chi connectivity index (χ2n) is 4.62. The van der Waals surface area contributed by atoms with E-state index in [2.05, 4.69) is 32.0 Å². The zero-order valence-electron chi connectivity index (χ0n) is 11.6. The highest BCUT2D eigenvalue weighted by molar-refractivity contribution is 5.50. The molecule has 100 valence electrons. The Labute approximate surface area is 113 Å². The highest BCUT2D eigenvalue weighted by Gasteiger charge is 2.12. The molecule has 0 fully saturated rings. The Balaban J connectivity index is 2.78. The van der Waals surface area contributed by atoms with E-state index >= 15 is 0 Å². The van der Waals surface area contributed by atoms with Crippen molar-refractivity contribution in [2.24, 2.45) is 0 Å². The van der Waals surface area contributed by atoms with Crippen LogP contribution >= 0.6 is 0 Å². The molecule has 2 aromatic rings. The largest absolute Gasteiger partial charge is 0.503 e. The molecule has 0 saturated heterocycles. The predicted molar refractivity (Wildman–Crippen MR) is 77.2 cm³/mol. The van der Waals surface area contributed by atoms with Gasteiger partial charge in [-0.15, -0.1) is 0 Å². The van der Waals surface area contributed by atoms with Crippen molar-refractivity contribution >= 4 is 0 Å². The normalized spacial score (nSPS) is 10.7. The quantitative estimate of drug-likeness (QED) is 0.918. The maximum atomic E-state index is 11.5. The van der Waals surface area contributed by atoms with Crippen LogP contribution in [-0.4, -0.2) is 9.67 Å². The van der Waals surface area contributed by atoms with Crippen LogP contribution in [-0.2, 0) is 12.8 Å². The van der Waals surface area contributed by atoms with Gasteiger partial charge >= 0.3 is 0 Å². The summed E-state index contributed by atoms with van der Waals surface area (Å²) in [6.45, 7) is 5.98. The number of para-hydroxylation sites is 1. The zero-order valence-corrected chi connectivity index (χ0v) is 11.6. The molecule has 0 atom stereocenters. The summed E-state index contributed by atoms with van der Waals surface area (Å²) in [5.74, 6) is -0.171. The fourth-order valence-electron chi connectivity index (χ4n) is 2.39. The summed E-state index contributed by atoms with van der Waals surface area (Å²) in [6, 6.07) is 7.64. The predicted octanol–water partition coefficient (Wildman–Crippen LogP) is 2.98. The van der Waals surface area contributed by atoms with E-state index in [9.17, 15) is 9.90 Å². The summed E-state index contributed by atoms with van der Waals surface area (Å²) in [4.78, 5) is 11.5. The fourth-order valence-corrected chi connectivity index (χ4v) is 2.39. The standard InChI is InChI=1S/C16H19NO2/c1-4-12-7-6-8-13(5-2)15(12)17-10-9-14(18)16(19)11(17)3/h6-10,19H,4-5H2,1-3H3. The van der Waals surface area contributed by atoms with Gasteiger partial charge in [0.1, 0.15) is 0 Å². The van der Waals surface area contributed by atoms with Crippen molar-refractivity contribution in [2.45, 2.75) is 33.6 Å². The van der Waals surface area contributed by atoms with Crippen molar-refractivity contribution < 1.29 is 5.11 Å². The van der Waals surface area contributed by atoms with Crippen molar-refractivity contribution in [3.05, 3.63) is 57.5 Å². The number of hydrogen-bond donors (Lipinski definition) is 1. The van der Waals surface area contributed by atoms with E-state index in [4.69, 9.17) is 0 Å². The highest BCUT2D eigenvalue weighted by Crippen LogP contribution is 2.24. The molecule has 0 saturated carbocycles. The Kier molecular flexibility index (Phi) is 3.74. The number of aromatic nitrogens is 1.